The third-order valence-corrected chi connectivity index (χ3v) is 4.81. The molecule has 0 spiro atoms. The number of hydrogen-bond donors (Lipinski definition) is 1. The van der Waals surface area contributed by atoms with E-state index in [2.05, 4.69) is 10.1 Å². The van der Waals surface area contributed by atoms with Gasteiger partial charge < -0.3 is 0 Å². The van der Waals surface area contributed by atoms with E-state index in [0.29, 0.717) is 0 Å². The SMILES string of the molecule is NS(=O)(=O)CCS(=O)(=O)c1ncc(Cl)cc1[N+](=O)[O-]. The summed E-state index contributed by atoms with van der Waals surface area (Å²) in [5.41, 5.74) is -0.818. The van der Waals surface area contributed by atoms with Crippen molar-refractivity contribution in [3.8, 4) is 0 Å². The molecule has 0 saturated heterocycles. The van der Waals surface area contributed by atoms with Crippen LogP contribution < -0.4 is 5.14 Å². The van der Waals surface area contributed by atoms with Crippen molar-refractivity contribution in [1.82, 2.24) is 4.98 Å². The molecule has 2 N–H and O–H groups in total. The number of aromatic nitrogens is 1. The van der Waals surface area contributed by atoms with Crippen LogP contribution in [0.5, 0.6) is 0 Å². The van der Waals surface area contributed by atoms with Crippen LogP contribution in [0.1, 0.15) is 0 Å². The van der Waals surface area contributed by atoms with Crippen molar-refractivity contribution in [2.45, 2.75) is 5.03 Å². The van der Waals surface area contributed by atoms with Crippen LogP contribution in [-0.2, 0) is 19.9 Å². The normalized spacial score (nSPS) is 12.3. The highest BCUT2D eigenvalue weighted by Crippen LogP contribution is 2.25. The van der Waals surface area contributed by atoms with Gasteiger partial charge in [-0.1, -0.05) is 11.6 Å². The monoisotopic (exact) mass is 329 g/mol. The molecule has 1 aromatic rings. The number of pyridine rings is 1. The number of sulfonamides is 1. The molecular weight excluding hydrogens is 322 g/mol. The molecule has 0 bridgehead atoms. The molecule has 1 heterocycles. The van der Waals surface area contributed by atoms with Crippen molar-refractivity contribution >= 4 is 37.1 Å². The van der Waals surface area contributed by atoms with E-state index in [-0.39, 0.29) is 5.02 Å². The first-order chi connectivity index (χ1) is 8.53. The van der Waals surface area contributed by atoms with E-state index in [0.717, 1.165) is 12.3 Å². The average molecular weight is 330 g/mol. The number of nitrogens with two attached hydrogens (primary N) is 1. The van der Waals surface area contributed by atoms with Crippen molar-refractivity contribution < 1.29 is 21.8 Å². The summed E-state index contributed by atoms with van der Waals surface area (Å²) in [6.07, 6.45) is 0.915. The smallest absolute Gasteiger partial charge is 0.258 e. The Kier molecular flexibility index (Phi) is 4.45. The molecule has 0 saturated carbocycles. The molecule has 1 aromatic heterocycles. The van der Waals surface area contributed by atoms with Crippen LogP contribution in [0.25, 0.3) is 0 Å². The molecule has 0 radical (unpaired) electrons. The summed E-state index contributed by atoms with van der Waals surface area (Å²) < 4.78 is 45.0. The van der Waals surface area contributed by atoms with Crippen LogP contribution in [-0.4, -0.2) is 38.2 Å². The van der Waals surface area contributed by atoms with Gasteiger partial charge in [-0.05, 0) is 0 Å². The Morgan fingerprint density at radius 3 is 2.37 bits per heavy atom. The van der Waals surface area contributed by atoms with E-state index >= 15 is 0 Å². The van der Waals surface area contributed by atoms with Crippen LogP contribution in [0.2, 0.25) is 5.02 Å². The lowest BCUT2D eigenvalue weighted by Gasteiger charge is -2.04. The zero-order valence-electron chi connectivity index (χ0n) is 9.18. The topological polar surface area (TPSA) is 150 Å². The largest absolute Gasteiger partial charge is 0.308 e. The molecule has 0 aromatic carbocycles. The first kappa shape index (κ1) is 15.8. The average Bonchev–Trinajstić information content (AvgIpc) is 2.25. The molecular formula is C7H8ClN3O6S2. The highest BCUT2D eigenvalue weighted by atomic mass is 35.5. The summed E-state index contributed by atoms with van der Waals surface area (Å²) in [5.74, 6) is -1.77. The summed E-state index contributed by atoms with van der Waals surface area (Å²) in [7, 11) is -8.27. The lowest BCUT2D eigenvalue weighted by Crippen LogP contribution is -2.24. The van der Waals surface area contributed by atoms with E-state index in [1.807, 2.05) is 0 Å². The van der Waals surface area contributed by atoms with E-state index in [4.69, 9.17) is 11.6 Å². The minimum Gasteiger partial charge on any atom is -0.258 e. The fourth-order valence-corrected chi connectivity index (χ4v) is 3.93. The molecule has 0 aliphatic heterocycles. The van der Waals surface area contributed by atoms with Crippen molar-refractivity contribution in [2.75, 3.05) is 11.5 Å². The van der Waals surface area contributed by atoms with Gasteiger partial charge in [0.2, 0.25) is 24.9 Å². The van der Waals surface area contributed by atoms with Gasteiger partial charge in [0.25, 0.3) is 0 Å². The van der Waals surface area contributed by atoms with Gasteiger partial charge in [-0.25, -0.2) is 27.0 Å². The second-order valence-corrected chi connectivity index (χ2v) is 7.62. The molecule has 0 aliphatic rings. The van der Waals surface area contributed by atoms with Crippen LogP contribution in [0.3, 0.4) is 0 Å². The van der Waals surface area contributed by atoms with Crippen molar-refractivity contribution in [1.29, 1.82) is 0 Å². The Morgan fingerprint density at radius 2 is 1.89 bits per heavy atom. The molecule has 9 nitrogen and oxygen atoms in total. The van der Waals surface area contributed by atoms with Gasteiger partial charge in [0.1, 0.15) is 0 Å². The highest BCUT2D eigenvalue weighted by Gasteiger charge is 2.29. The molecule has 0 fully saturated rings. The number of rotatable bonds is 5. The number of primary sulfonamides is 1. The van der Waals surface area contributed by atoms with Gasteiger partial charge in [-0.3, -0.25) is 10.1 Å². The zero-order valence-corrected chi connectivity index (χ0v) is 11.6. The minimum atomic E-state index is -4.26. The van der Waals surface area contributed by atoms with Crippen LogP contribution in [0, 0.1) is 10.1 Å². The van der Waals surface area contributed by atoms with Gasteiger partial charge in [-0.2, -0.15) is 0 Å². The first-order valence-electron chi connectivity index (χ1n) is 4.56. The standard InChI is InChI=1S/C7H8ClN3O6S2/c8-5-3-6(11(12)13)7(10-4-5)18(14,15)1-2-19(9,16)17/h3-4H,1-2H2,(H2,9,16,17). The lowest BCUT2D eigenvalue weighted by atomic mass is 10.4. The third-order valence-electron chi connectivity index (χ3n) is 1.93. The number of nitro groups is 1. The fourth-order valence-electron chi connectivity index (χ4n) is 1.11. The molecule has 0 amide bonds. The van der Waals surface area contributed by atoms with Crippen molar-refractivity contribution in [2.24, 2.45) is 5.14 Å². The maximum Gasteiger partial charge on any atom is 0.308 e. The van der Waals surface area contributed by atoms with E-state index in [9.17, 15) is 26.9 Å². The quantitative estimate of drug-likeness (QED) is 0.575. The van der Waals surface area contributed by atoms with Crippen molar-refractivity contribution in [3.63, 3.8) is 0 Å². The second kappa shape index (κ2) is 5.36. The Labute approximate surface area is 113 Å². The summed E-state index contributed by atoms with van der Waals surface area (Å²) in [6, 6.07) is 0.818. The first-order valence-corrected chi connectivity index (χ1v) is 8.31. The van der Waals surface area contributed by atoms with Gasteiger partial charge in [0, 0.05) is 12.3 Å². The number of halogens is 1. The second-order valence-electron chi connectivity index (χ2n) is 3.42. The third kappa shape index (κ3) is 4.38. The molecule has 1 rings (SSSR count). The fraction of sp³-hybridized carbons (Fsp3) is 0.286. The minimum absolute atomic E-state index is 0.114. The maximum atomic E-state index is 11.8. The lowest BCUT2D eigenvalue weighted by molar-refractivity contribution is -0.388. The molecule has 0 unspecified atom stereocenters. The highest BCUT2D eigenvalue weighted by molar-refractivity contribution is 7.94. The number of sulfone groups is 1. The maximum absolute atomic E-state index is 11.8. The molecule has 0 atom stereocenters. The van der Waals surface area contributed by atoms with Gasteiger partial charge in [0.15, 0.2) is 0 Å². The summed E-state index contributed by atoms with van der Waals surface area (Å²) in [5, 5.41) is 14.4. The Bertz CT molecular complexity index is 714. The molecule has 106 valence electrons. The molecule has 0 aliphatic carbocycles. The zero-order chi connectivity index (χ0) is 14.8. The van der Waals surface area contributed by atoms with Crippen LogP contribution in [0.4, 0.5) is 5.69 Å². The predicted octanol–water partition coefficient (Wildman–Crippen LogP) is -0.295. The van der Waals surface area contributed by atoms with E-state index in [1.165, 1.54) is 0 Å². The van der Waals surface area contributed by atoms with Crippen LogP contribution >= 0.6 is 11.6 Å². The van der Waals surface area contributed by atoms with Crippen LogP contribution in [0.15, 0.2) is 17.3 Å². The summed E-state index contributed by atoms with van der Waals surface area (Å²) in [4.78, 5) is 13.1. The number of hydrogen-bond acceptors (Lipinski definition) is 7. The Morgan fingerprint density at radius 1 is 1.32 bits per heavy atom. The van der Waals surface area contributed by atoms with Gasteiger partial charge >= 0.3 is 5.69 Å². The van der Waals surface area contributed by atoms with Gasteiger partial charge in [-0.15, -0.1) is 0 Å². The van der Waals surface area contributed by atoms with Crippen molar-refractivity contribution in [3.05, 3.63) is 27.4 Å². The van der Waals surface area contributed by atoms with E-state index in [1.54, 1.807) is 0 Å². The number of nitrogens with zero attached hydrogens (tertiary/aromatic N) is 2. The molecule has 12 heteroatoms. The Hall–Kier alpha value is -1.30. The predicted molar refractivity (Wildman–Crippen MR) is 65.9 cm³/mol. The summed E-state index contributed by atoms with van der Waals surface area (Å²) in [6.45, 7) is 0. The van der Waals surface area contributed by atoms with E-state index < -0.39 is 47.0 Å². The summed E-state index contributed by atoms with van der Waals surface area (Å²) >= 11 is 5.48. The van der Waals surface area contributed by atoms with Gasteiger partial charge in [0.05, 0.1) is 21.5 Å². The Balaban J connectivity index is 3.25. The molecule has 19 heavy (non-hydrogen) atoms.